The van der Waals surface area contributed by atoms with Crippen LogP contribution < -0.4 is 10.6 Å². The summed E-state index contributed by atoms with van der Waals surface area (Å²) in [6.45, 7) is 8.17. The molecule has 192 valence electrons. The smallest absolute Gasteiger partial charge is 0.288 e. The summed E-state index contributed by atoms with van der Waals surface area (Å²) < 4.78 is 11.7. The van der Waals surface area contributed by atoms with E-state index in [0.717, 1.165) is 37.7 Å². The molecule has 2 aromatic heterocycles. The molecule has 0 spiro atoms. The van der Waals surface area contributed by atoms with Crippen LogP contribution in [0.15, 0.2) is 40.9 Å². The number of carbonyl (C=O) groups is 2. The van der Waals surface area contributed by atoms with Gasteiger partial charge in [0, 0.05) is 17.2 Å². The lowest BCUT2D eigenvalue weighted by molar-refractivity contribution is 0.0299. The molecule has 1 fully saturated rings. The highest BCUT2D eigenvalue weighted by Crippen LogP contribution is 2.26. The number of hydrogen-bond acceptors (Lipinski definition) is 6. The lowest BCUT2D eigenvalue weighted by Crippen LogP contribution is -2.43. The first-order valence-corrected chi connectivity index (χ1v) is 12.8. The van der Waals surface area contributed by atoms with Gasteiger partial charge in [0.2, 0.25) is 11.7 Å². The number of H-pyrrole nitrogens is 1. The number of rotatable bonds is 10. The molecule has 3 atom stereocenters. The van der Waals surface area contributed by atoms with E-state index in [1.165, 1.54) is 6.20 Å². The Morgan fingerprint density at radius 2 is 1.83 bits per heavy atom. The normalized spacial score (nSPS) is 18.4. The molecule has 9 heteroatoms. The Bertz CT molecular complexity index is 1180. The third-order valence-corrected chi connectivity index (χ3v) is 6.75. The number of amides is 2. The van der Waals surface area contributed by atoms with E-state index < -0.39 is 0 Å². The fourth-order valence-corrected chi connectivity index (χ4v) is 4.49. The maximum Gasteiger partial charge on any atom is 0.288 e. The van der Waals surface area contributed by atoms with Crippen molar-refractivity contribution < 1.29 is 18.7 Å². The molecule has 0 bridgehead atoms. The number of oxazole rings is 1. The topological polar surface area (TPSA) is 122 Å². The number of hydrogen-bond donors (Lipinski definition) is 3. The van der Waals surface area contributed by atoms with Gasteiger partial charge in [-0.05, 0) is 57.2 Å². The van der Waals surface area contributed by atoms with Crippen LogP contribution in [0.25, 0.3) is 22.7 Å². The second kappa shape index (κ2) is 11.5. The molecule has 1 aliphatic rings. The average molecular weight is 494 g/mol. The van der Waals surface area contributed by atoms with Crippen molar-refractivity contribution in [3.63, 3.8) is 0 Å². The van der Waals surface area contributed by atoms with Gasteiger partial charge in [-0.25, -0.2) is 4.98 Å². The summed E-state index contributed by atoms with van der Waals surface area (Å²) in [4.78, 5) is 29.6. The average Bonchev–Trinajstić information content (AvgIpc) is 3.66. The van der Waals surface area contributed by atoms with Gasteiger partial charge in [0.25, 0.3) is 11.8 Å². The summed E-state index contributed by atoms with van der Waals surface area (Å²) in [5.74, 6) is 0.0360. The first-order chi connectivity index (χ1) is 17.4. The monoisotopic (exact) mass is 493 g/mol. The largest absolute Gasteiger partial charge is 0.431 e. The Balaban J connectivity index is 1.45. The fraction of sp³-hybridized carbons (Fsp3) is 0.481. The Morgan fingerprint density at radius 3 is 2.53 bits per heavy atom. The van der Waals surface area contributed by atoms with Crippen LogP contribution in [0.5, 0.6) is 0 Å². The standard InChI is InChI=1S/C27H35N5O4/c1-5-19(6-2)29-26(34)24-15-28-27(36-24)18-10-8-9-17(13-18)21-14-22(32-31-21)25(33)30-20(7-3)23-12-11-16(4)35-23/h8-10,13-16,19-20,23H,5-7,11-12H2,1-4H3,(H,29,34)(H,30,33)(H,31,32)/t16-,20-,23-/m1/s1. The number of aromatic amines is 1. The van der Waals surface area contributed by atoms with E-state index in [1.807, 2.05) is 45.0 Å². The first kappa shape index (κ1) is 25.6. The van der Waals surface area contributed by atoms with Gasteiger partial charge in [-0.15, -0.1) is 0 Å². The van der Waals surface area contributed by atoms with Crippen LogP contribution in [-0.4, -0.2) is 51.3 Å². The zero-order valence-electron chi connectivity index (χ0n) is 21.3. The van der Waals surface area contributed by atoms with Crippen molar-refractivity contribution in [1.82, 2.24) is 25.8 Å². The minimum absolute atomic E-state index is 0.0376. The molecule has 4 rings (SSSR count). The van der Waals surface area contributed by atoms with Crippen LogP contribution in [-0.2, 0) is 4.74 Å². The molecule has 0 radical (unpaired) electrons. The van der Waals surface area contributed by atoms with Gasteiger partial charge in [-0.1, -0.05) is 32.9 Å². The Morgan fingerprint density at radius 1 is 1.06 bits per heavy atom. The van der Waals surface area contributed by atoms with Crippen LogP contribution in [0.3, 0.4) is 0 Å². The number of aromatic nitrogens is 3. The lowest BCUT2D eigenvalue weighted by atomic mass is 10.0. The molecule has 2 amide bonds. The van der Waals surface area contributed by atoms with Crippen molar-refractivity contribution in [1.29, 1.82) is 0 Å². The second-order valence-electron chi connectivity index (χ2n) is 9.31. The summed E-state index contributed by atoms with van der Waals surface area (Å²) in [6, 6.07) is 9.26. The highest BCUT2D eigenvalue weighted by atomic mass is 16.5. The molecule has 0 unspecified atom stereocenters. The molecule has 0 aliphatic carbocycles. The van der Waals surface area contributed by atoms with Crippen molar-refractivity contribution in [2.45, 2.75) is 84.1 Å². The van der Waals surface area contributed by atoms with E-state index in [0.29, 0.717) is 22.8 Å². The van der Waals surface area contributed by atoms with Gasteiger partial charge in [-0.3, -0.25) is 14.7 Å². The Labute approximate surface area is 211 Å². The number of nitrogens with one attached hydrogen (secondary N) is 3. The maximum absolute atomic E-state index is 12.9. The van der Waals surface area contributed by atoms with E-state index in [1.54, 1.807) is 6.07 Å². The molecule has 3 N–H and O–H groups in total. The van der Waals surface area contributed by atoms with Crippen LogP contribution >= 0.6 is 0 Å². The summed E-state index contributed by atoms with van der Waals surface area (Å²) in [7, 11) is 0. The minimum atomic E-state index is -0.274. The lowest BCUT2D eigenvalue weighted by Gasteiger charge is -2.23. The SMILES string of the molecule is CCC(CC)NC(=O)c1cnc(-c2cccc(-c3cc(C(=O)N[C@H](CC)[C@H]4CC[C@@H](C)O4)[nH]n3)c2)o1. The molecule has 0 saturated carbocycles. The third-order valence-electron chi connectivity index (χ3n) is 6.75. The van der Waals surface area contributed by atoms with Crippen molar-refractivity contribution in [2.24, 2.45) is 0 Å². The van der Waals surface area contributed by atoms with Gasteiger partial charge in [0.05, 0.1) is 30.1 Å². The highest BCUT2D eigenvalue weighted by molar-refractivity contribution is 5.94. The molecule has 36 heavy (non-hydrogen) atoms. The Kier molecular flexibility index (Phi) is 8.20. The van der Waals surface area contributed by atoms with E-state index in [9.17, 15) is 9.59 Å². The summed E-state index contributed by atoms with van der Waals surface area (Å²) >= 11 is 0. The van der Waals surface area contributed by atoms with Crippen LogP contribution in [0.4, 0.5) is 0 Å². The van der Waals surface area contributed by atoms with Crippen molar-refractivity contribution >= 4 is 11.8 Å². The quantitative estimate of drug-likeness (QED) is 0.375. The summed E-state index contributed by atoms with van der Waals surface area (Å²) in [6.07, 6.45) is 6.15. The molecule has 9 nitrogen and oxygen atoms in total. The minimum Gasteiger partial charge on any atom is -0.431 e. The summed E-state index contributed by atoms with van der Waals surface area (Å²) in [5, 5.41) is 13.2. The predicted octanol–water partition coefficient (Wildman–Crippen LogP) is 4.73. The molecular weight excluding hydrogens is 458 g/mol. The van der Waals surface area contributed by atoms with Crippen molar-refractivity contribution in [2.75, 3.05) is 0 Å². The van der Waals surface area contributed by atoms with Crippen LogP contribution in [0.2, 0.25) is 0 Å². The van der Waals surface area contributed by atoms with Gasteiger partial charge in [0.15, 0.2) is 0 Å². The highest BCUT2D eigenvalue weighted by Gasteiger charge is 2.30. The van der Waals surface area contributed by atoms with E-state index in [2.05, 4.69) is 32.7 Å². The molecule has 1 saturated heterocycles. The maximum atomic E-state index is 12.9. The van der Waals surface area contributed by atoms with Gasteiger partial charge in [0.1, 0.15) is 5.69 Å². The summed E-state index contributed by atoms with van der Waals surface area (Å²) in [5.41, 5.74) is 2.51. The van der Waals surface area contributed by atoms with Crippen LogP contribution in [0.1, 0.15) is 80.8 Å². The van der Waals surface area contributed by atoms with Crippen molar-refractivity contribution in [3.8, 4) is 22.7 Å². The fourth-order valence-electron chi connectivity index (χ4n) is 4.49. The van der Waals surface area contributed by atoms with E-state index in [-0.39, 0.29) is 41.9 Å². The van der Waals surface area contributed by atoms with E-state index >= 15 is 0 Å². The zero-order valence-corrected chi connectivity index (χ0v) is 21.3. The molecule has 3 aromatic rings. The van der Waals surface area contributed by atoms with Crippen LogP contribution in [0, 0.1) is 0 Å². The molecule has 1 aliphatic heterocycles. The number of ether oxygens (including phenoxy) is 1. The molecule has 1 aromatic carbocycles. The molecular formula is C27H35N5O4. The zero-order chi connectivity index (χ0) is 25.7. The van der Waals surface area contributed by atoms with Crippen molar-refractivity contribution in [3.05, 3.63) is 48.0 Å². The van der Waals surface area contributed by atoms with Gasteiger partial charge >= 0.3 is 0 Å². The third kappa shape index (κ3) is 5.84. The molecule has 3 heterocycles. The second-order valence-corrected chi connectivity index (χ2v) is 9.31. The van der Waals surface area contributed by atoms with Gasteiger partial charge in [-0.2, -0.15) is 5.10 Å². The van der Waals surface area contributed by atoms with Gasteiger partial charge < -0.3 is 19.8 Å². The predicted molar refractivity (Wildman–Crippen MR) is 136 cm³/mol. The number of benzene rings is 1. The van der Waals surface area contributed by atoms with E-state index in [4.69, 9.17) is 9.15 Å². The number of carbonyl (C=O) groups excluding carboxylic acids is 2. The first-order valence-electron chi connectivity index (χ1n) is 12.8. The number of nitrogens with zero attached hydrogens (tertiary/aromatic N) is 2. The Hall–Kier alpha value is -3.46.